The summed E-state index contributed by atoms with van der Waals surface area (Å²) in [6.07, 6.45) is 0. The molecule has 1 saturated heterocycles. The Bertz CT molecular complexity index is 1170. The second-order valence-corrected chi connectivity index (χ2v) is 8.74. The molecule has 0 spiro atoms. The minimum absolute atomic E-state index is 0.0888. The second-order valence-electron chi connectivity index (χ2n) is 8.74. The molecule has 1 aliphatic rings. The number of alkyl halides is 2. The number of hydrogen-bond donors (Lipinski definition) is 1. The molecule has 1 aromatic heterocycles. The van der Waals surface area contributed by atoms with Crippen molar-refractivity contribution in [3.8, 4) is 0 Å². The molecule has 0 amide bonds. The van der Waals surface area contributed by atoms with Crippen LogP contribution in [-0.4, -0.2) is 48.3 Å². The van der Waals surface area contributed by atoms with Crippen LogP contribution in [0, 0.1) is 18.6 Å². The minimum Gasteiger partial charge on any atom is -0.367 e. The fourth-order valence-corrected chi connectivity index (χ4v) is 4.19. The smallest absolute Gasteiger partial charge is 0.273 e. The number of aryl methyl sites for hydroxylation is 1. The van der Waals surface area contributed by atoms with Gasteiger partial charge in [0.25, 0.3) is 5.92 Å². The Labute approximate surface area is 190 Å². The van der Waals surface area contributed by atoms with Crippen LogP contribution in [0.4, 0.5) is 29.1 Å². The number of fused-ring (bicyclic) bond motifs is 1. The van der Waals surface area contributed by atoms with Gasteiger partial charge in [-0.2, -0.15) is 5.10 Å². The molecule has 2 aromatic carbocycles. The number of nitrogens with zero attached hydrogens (tertiary/aromatic N) is 4. The molecular weight excluding hydrogens is 434 g/mol. The summed E-state index contributed by atoms with van der Waals surface area (Å²) < 4.78 is 57.5. The van der Waals surface area contributed by atoms with Gasteiger partial charge in [-0.15, -0.1) is 5.10 Å². The molecule has 5 nitrogen and oxygen atoms in total. The Balaban J connectivity index is 1.72. The molecule has 0 unspecified atom stereocenters. The number of rotatable bonds is 5. The van der Waals surface area contributed by atoms with E-state index in [9.17, 15) is 13.2 Å². The molecule has 1 aliphatic heterocycles. The molecule has 0 aliphatic carbocycles. The van der Waals surface area contributed by atoms with Gasteiger partial charge in [0, 0.05) is 49.4 Å². The fourth-order valence-electron chi connectivity index (χ4n) is 4.19. The predicted molar refractivity (Wildman–Crippen MR) is 122 cm³/mol. The number of nitrogens with one attached hydrogen (secondary N) is 1. The number of aromatic nitrogens is 2. The van der Waals surface area contributed by atoms with Crippen LogP contribution in [0.1, 0.15) is 36.7 Å². The maximum atomic E-state index is 15.0. The Morgan fingerprint density at radius 2 is 1.73 bits per heavy atom. The van der Waals surface area contributed by atoms with Gasteiger partial charge in [0.2, 0.25) is 0 Å². The lowest BCUT2D eigenvalue weighted by Gasteiger charge is -2.34. The number of hydrogen-bond acceptors (Lipinski definition) is 5. The van der Waals surface area contributed by atoms with Crippen LogP contribution in [0.2, 0.25) is 0 Å². The van der Waals surface area contributed by atoms with Gasteiger partial charge < -0.3 is 15.1 Å². The van der Waals surface area contributed by atoms with E-state index in [-0.39, 0.29) is 11.4 Å². The molecule has 1 N–H and O–H groups in total. The molecule has 1 fully saturated rings. The SMILES string of the molecule is Cc1nnc(N[C@H](C)c2cccc(C(C)(F)F)c2F)c2cc(N3CCN(C)CC3)c(F)cc12. The summed E-state index contributed by atoms with van der Waals surface area (Å²) in [6, 6.07) is 6.45. The highest BCUT2D eigenvalue weighted by Crippen LogP contribution is 2.35. The molecule has 0 saturated carbocycles. The molecule has 0 radical (unpaired) electrons. The van der Waals surface area contributed by atoms with Crippen molar-refractivity contribution >= 4 is 22.3 Å². The van der Waals surface area contributed by atoms with E-state index in [1.165, 1.54) is 18.2 Å². The third kappa shape index (κ3) is 4.59. The van der Waals surface area contributed by atoms with Gasteiger partial charge in [0.05, 0.1) is 23.0 Å². The van der Waals surface area contributed by atoms with Crippen molar-refractivity contribution in [1.29, 1.82) is 0 Å². The normalized spacial score (nSPS) is 16.3. The zero-order chi connectivity index (χ0) is 23.9. The van der Waals surface area contributed by atoms with Crippen LogP contribution in [0.3, 0.4) is 0 Å². The molecule has 9 heteroatoms. The largest absolute Gasteiger partial charge is 0.367 e. The highest BCUT2D eigenvalue weighted by Gasteiger charge is 2.30. The lowest BCUT2D eigenvalue weighted by Crippen LogP contribution is -2.44. The zero-order valence-electron chi connectivity index (χ0n) is 19.1. The molecular formula is C24H27F4N5. The summed E-state index contributed by atoms with van der Waals surface area (Å²) >= 11 is 0. The van der Waals surface area contributed by atoms with Crippen molar-refractivity contribution in [2.24, 2.45) is 0 Å². The monoisotopic (exact) mass is 461 g/mol. The fraction of sp³-hybridized carbons (Fsp3) is 0.417. The van der Waals surface area contributed by atoms with E-state index in [1.807, 2.05) is 11.9 Å². The average molecular weight is 462 g/mol. The van der Waals surface area contributed by atoms with Crippen molar-refractivity contribution < 1.29 is 17.6 Å². The van der Waals surface area contributed by atoms with Crippen LogP contribution in [0.5, 0.6) is 0 Å². The Kier molecular flexibility index (Phi) is 6.18. The first-order valence-electron chi connectivity index (χ1n) is 10.9. The minimum atomic E-state index is -3.30. The topological polar surface area (TPSA) is 44.3 Å². The molecule has 176 valence electrons. The Morgan fingerprint density at radius 1 is 1.03 bits per heavy atom. The van der Waals surface area contributed by atoms with Gasteiger partial charge in [0.15, 0.2) is 5.82 Å². The van der Waals surface area contributed by atoms with E-state index in [0.717, 1.165) is 19.2 Å². The highest BCUT2D eigenvalue weighted by molar-refractivity contribution is 5.95. The van der Waals surface area contributed by atoms with Gasteiger partial charge in [0.1, 0.15) is 11.6 Å². The van der Waals surface area contributed by atoms with Crippen molar-refractivity contribution in [1.82, 2.24) is 15.1 Å². The first kappa shape index (κ1) is 23.2. The maximum absolute atomic E-state index is 15.0. The van der Waals surface area contributed by atoms with E-state index in [4.69, 9.17) is 0 Å². The number of anilines is 2. The Hall–Kier alpha value is -2.94. The molecule has 33 heavy (non-hydrogen) atoms. The third-order valence-corrected chi connectivity index (χ3v) is 6.20. The van der Waals surface area contributed by atoms with Crippen molar-refractivity contribution in [3.05, 3.63) is 58.8 Å². The lowest BCUT2D eigenvalue weighted by molar-refractivity contribution is 0.0136. The second kappa shape index (κ2) is 8.78. The first-order chi connectivity index (χ1) is 15.6. The number of likely N-dealkylation sites (N-methyl/N-ethyl adjacent to an activating group) is 1. The molecule has 2 heterocycles. The Morgan fingerprint density at radius 3 is 2.39 bits per heavy atom. The van der Waals surface area contributed by atoms with Crippen LogP contribution in [0.25, 0.3) is 10.8 Å². The third-order valence-electron chi connectivity index (χ3n) is 6.20. The van der Waals surface area contributed by atoms with Gasteiger partial charge >= 0.3 is 0 Å². The molecule has 3 aromatic rings. The van der Waals surface area contributed by atoms with E-state index < -0.39 is 23.3 Å². The van der Waals surface area contributed by atoms with Crippen LogP contribution >= 0.6 is 0 Å². The summed E-state index contributed by atoms with van der Waals surface area (Å²) in [5.41, 5.74) is 0.460. The van der Waals surface area contributed by atoms with E-state index in [1.54, 1.807) is 19.9 Å². The summed E-state index contributed by atoms with van der Waals surface area (Å²) in [4.78, 5) is 4.17. The number of halogens is 4. The van der Waals surface area contributed by atoms with E-state index in [0.29, 0.717) is 48.0 Å². The average Bonchev–Trinajstić information content (AvgIpc) is 2.75. The van der Waals surface area contributed by atoms with Gasteiger partial charge in [-0.25, -0.2) is 17.6 Å². The lowest BCUT2D eigenvalue weighted by atomic mass is 10.0. The standard InChI is InChI=1S/C24H27F4N5/c1-14(16-6-5-7-19(22(16)26)24(3,27)28)29-23-18-13-21(33-10-8-32(4)9-11-33)20(25)12-17(18)15(2)30-31-23/h5-7,12-14H,8-11H2,1-4H3,(H,29,31)/t14-/m1/s1. The van der Waals surface area contributed by atoms with Crippen LogP contribution in [0.15, 0.2) is 30.3 Å². The zero-order valence-corrected chi connectivity index (χ0v) is 19.1. The molecule has 4 rings (SSSR count). The van der Waals surface area contributed by atoms with E-state index in [2.05, 4.69) is 20.4 Å². The summed E-state index contributed by atoms with van der Waals surface area (Å²) in [6.45, 7) is 7.10. The van der Waals surface area contributed by atoms with Crippen LogP contribution < -0.4 is 10.2 Å². The number of benzene rings is 2. The van der Waals surface area contributed by atoms with Crippen molar-refractivity contribution in [3.63, 3.8) is 0 Å². The molecule has 1 atom stereocenters. The predicted octanol–water partition coefficient (Wildman–Crippen LogP) is 5.25. The van der Waals surface area contributed by atoms with Crippen LogP contribution in [-0.2, 0) is 5.92 Å². The maximum Gasteiger partial charge on any atom is 0.273 e. The van der Waals surface area contributed by atoms with Crippen molar-refractivity contribution in [2.45, 2.75) is 32.7 Å². The van der Waals surface area contributed by atoms with Gasteiger partial charge in [-0.3, -0.25) is 0 Å². The summed E-state index contributed by atoms with van der Waals surface area (Å²) in [5, 5.41) is 12.7. The molecule has 0 bridgehead atoms. The van der Waals surface area contributed by atoms with Gasteiger partial charge in [-0.1, -0.05) is 18.2 Å². The van der Waals surface area contributed by atoms with Crippen molar-refractivity contribution in [2.75, 3.05) is 43.4 Å². The summed E-state index contributed by atoms with van der Waals surface area (Å²) in [5.74, 6) is -4.26. The van der Waals surface area contributed by atoms with Gasteiger partial charge in [-0.05, 0) is 33.0 Å². The summed E-state index contributed by atoms with van der Waals surface area (Å²) in [7, 11) is 2.03. The van der Waals surface area contributed by atoms with E-state index >= 15 is 4.39 Å². The quantitative estimate of drug-likeness (QED) is 0.526. The highest BCUT2D eigenvalue weighted by atomic mass is 19.3. The number of piperazine rings is 1. The first-order valence-corrected chi connectivity index (χ1v) is 10.9.